The SMILES string of the molecule is COc1ccc(-c2ccc(=O)n(CC(=O)Nc3cc(C(F)(F)F)ccc3Cl)n2)c(OC)c1. The van der Waals surface area contributed by atoms with Gasteiger partial charge in [0.25, 0.3) is 5.56 Å². The molecule has 168 valence electrons. The number of carbonyl (C=O) groups excluding carboxylic acids is 1. The van der Waals surface area contributed by atoms with Crippen molar-refractivity contribution in [1.29, 1.82) is 0 Å². The molecular formula is C21H17ClF3N3O4. The van der Waals surface area contributed by atoms with Crippen LogP contribution in [0.5, 0.6) is 11.5 Å². The first-order valence-corrected chi connectivity index (χ1v) is 9.47. The Hall–Kier alpha value is -3.53. The second-order valence-electron chi connectivity index (χ2n) is 6.52. The Morgan fingerprint density at radius 3 is 2.50 bits per heavy atom. The minimum atomic E-state index is -4.60. The van der Waals surface area contributed by atoms with E-state index in [-0.39, 0.29) is 10.7 Å². The van der Waals surface area contributed by atoms with Gasteiger partial charge in [-0.3, -0.25) is 9.59 Å². The van der Waals surface area contributed by atoms with Gasteiger partial charge in [0, 0.05) is 17.7 Å². The third kappa shape index (κ3) is 5.20. The zero-order chi connectivity index (χ0) is 23.5. The number of halogens is 4. The molecule has 7 nitrogen and oxygen atoms in total. The highest BCUT2D eigenvalue weighted by Gasteiger charge is 2.31. The van der Waals surface area contributed by atoms with Crippen molar-refractivity contribution in [2.75, 3.05) is 19.5 Å². The summed E-state index contributed by atoms with van der Waals surface area (Å²) in [5.41, 5.74) is -0.891. The van der Waals surface area contributed by atoms with Crippen molar-refractivity contribution in [2.45, 2.75) is 12.7 Å². The average Bonchev–Trinajstić information content (AvgIpc) is 2.75. The molecule has 0 radical (unpaired) electrons. The third-order valence-corrected chi connectivity index (χ3v) is 4.74. The summed E-state index contributed by atoms with van der Waals surface area (Å²) in [4.78, 5) is 24.6. The van der Waals surface area contributed by atoms with E-state index in [9.17, 15) is 22.8 Å². The minimum absolute atomic E-state index is 0.0802. The number of nitrogens with zero attached hydrogens (tertiary/aromatic N) is 2. The zero-order valence-electron chi connectivity index (χ0n) is 16.9. The lowest BCUT2D eigenvalue weighted by molar-refractivity contribution is -0.137. The predicted molar refractivity (Wildman–Crippen MR) is 112 cm³/mol. The van der Waals surface area contributed by atoms with Gasteiger partial charge in [-0.25, -0.2) is 4.68 Å². The first-order chi connectivity index (χ1) is 15.1. The van der Waals surface area contributed by atoms with Crippen molar-refractivity contribution in [3.05, 3.63) is 69.5 Å². The fourth-order valence-electron chi connectivity index (χ4n) is 2.84. The number of benzene rings is 2. The number of carbonyl (C=O) groups is 1. The molecule has 0 spiro atoms. The van der Waals surface area contributed by atoms with Crippen LogP contribution in [0.4, 0.5) is 18.9 Å². The highest BCUT2D eigenvalue weighted by atomic mass is 35.5. The second kappa shape index (κ2) is 9.31. The van der Waals surface area contributed by atoms with E-state index in [1.807, 2.05) is 0 Å². The molecule has 1 aromatic heterocycles. The van der Waals surface area contributed by atoms with Crippen LogP contribution in [0.25, 0.3) is 11.3 Å². The summed E-state index contributed by atoms with van der Waals surface area (Å²) < 4.78 is 50.1. The molecule has 11 heteroatoms. The number of amides is 1. The second-order valence-corrected chi connectivity index (χ2v) is 6.93. The Labute approximate surface area is 185 Å². The molecule has 3 aromatic rings. The first kappa shape index (κ1) is 23.1. The van der Waals surface area contributed by atoms with Crippen LogP contribution < -0.4 is 20.3 Å². The van der Waals surface area contributed by atoms with Crippen molar-refractivity contribution in [3.63, 3.8) is 0 Å². The number of nitrogens with one attached hydrogen (secondary N) is 1. The number of anilines is 1. The maximum absolute atomic E-state index is 12.9. The molecule has 1 heterocycles. The lowest BCUT2D eigenvalue weighted by Crippen LogP contribution is -2.29. The standard InChI is InChI=1S/C21H17ClF3N3O4/c1-31-13-4-5-14(18(10-13)32-2)16-7-8-20(30)28(27-16)11-19(29)26-17-9-12(21(23,24)25)3-6-15(17)22/h3-10H,11H2,1-2H3,(H,26,29). The van der Waals surface area contributed by atoms with E-state index in [1.165, 1.54) is 26.4 Å². The smallest absolute Gasteiger partial charge is 0.416 e. The highest BCUT2D eigenvalue weighted by Crippen LogP contribution is 2.34. The number of aromatic nitrogens is 2. The van der Waals surface area contributed by atoms with E-state index in [1.54, 1.807) is 18.2 Å². The van der Waals surface area contributed by atoms with Crippen LogP contribution in [0.1, 0.15) is 5.56 Å². The Balaban J connectivity index is 1.86. The molecule has 0 aliphatic carbocycles. The molecule has 0 saturated carbocycles. The van der Waals surface area contributed by atoms with Crippen molar-refractivity contribution in [2.24, 2.45) is 0 Å². The van der Waals surface area contributed by atoms with Gasteiger partial charge >= 0.3 is 6.18 Å². The molecular weight excluding hydrogens is 451 g/mol. The van der Waals surface area contributed by atoms with Gasteiger partial charge in [0.1, 0.15) is 18.0 Å². The summed E-state index contributed by atoms with van der Waals surface area (Å²) in [6.07, 6.45) is -4.60. The van der Waals surface area contributed by atoms with Crippen LogP contribution >= 0.6 is 11.6 Å². The summed E-state index contributed by atoms with van der Waals surface area (Å²) in [6, 6.07) is 10.2. The summed E-state index contributed by atoms with van der Waals surface area (Å²) in [5, 5.41) is 6.38. The average molecular weight is 468 g/mol. The molecule has 0 unspecified atom stereocenters. The predicted octanol–water partition coefficient (Wildman–Crippen LogP) is 4.24. The van der Waals surface area contributed by atoms with Gasteiger partial charge in [0.2, 0.25) is 5.91 Å². The molecule has 0 fully saturated rings. The summed E-state index contributed by atoms with van der Waals surface area (Å²) in [5.74, 6) is 0.207. The molecule has 0 bridgehead atoms. The molecule has 0 atom stereocenters. The van der Waals surface area contributed by atoms with Crippen LogP contribution in [0.3, 0.4) is 0 Å². The molecule has 32 heavy (non-hydrogen) atoms. The van der Waals surface area contributed by atoms with E-state index in [0.717, 1.165) is 22.9 Å². The van der Waals surface area contributed by atoms with E-state index in [0.29, 0.717) is 22.8 Å². The van der Waals surface area contributed by atoms with E-state index < -0.39 is 29.8 Å². The number of hydrogen-bond acceptors (Lipinski definition) is 5. The highest BCUT2D eigenvalue weighted by molar-refractivity contribution is 6.33. The normalized spacial score (nSPS) is 11.2. The maximum Gasteiger partial charge on any atom is 0.416 e. The lowest BCUT2D eigenvalue weighted by atomic mass is 10.1. The molecule has 0 aliphatic rings. The lowest BCUT2D eigenvalue weighted by Gasteiger charge is -2.13. The monoisotopic (exact) mass is 467 g/mol. The van der Waals surface area contributed by atoms with Gasteiger partial charge in [-0.05, 0) is 36.4 Å². The molecule has 0 saturated heterocycles. The number of ether oxygens (including phenoxy) is 2. The van der Waals surface area contributed by atoms with Crippen molar-refractivity contribution >= 4 is 23.2 Å². The van der Waals surface area contributed by atoms with Gasteiger partial charge in [-0.1, -0.05) is 11.6 Å². The van der Waals surface area contributed by atoms with Crippen LogP contribution in [-0.2, 0) is 17.5 Å². The number of rotatable bonds is 6. The van der Waals surface area contributed by atoms with Gasteiger partial charge in [-0.15, -0.1) is 0 Å². The Morgan fingerprint density at radius 2 is 1.84 bits per heavy atom. The summed E-state index contributed by atoms with van der Waals surface area (Å²) in [7, 11) is 2.96. The van der Waals surface area contributed by atoms with Gasteiger partial charge < -0.3 is 14.8 Å². The van der Waals surface area contributed by atoms with Gasteiger partial charge in [0.05, 0.1) is 36.2 Å². The number of alkyl halides is 3. The van der Waals surface area contributed by atoms with Crippen LogP contribution in [0.15, 0.2) is 53.3 Å². The summed E-state index contributed by atoms with van der Waals surface area (Å²) in [6.45, 7) is -0.544. The quantitative estimate of drug-likeness (QED) is 0.586. The van der Waals surface area contributed by atoms with E-state index >= 15 is 0 Å². The van der Waals surface area contributed by atoms with Crippen molar-refractivity contribution < 1.29 is 27.4 Å². The molecule has 2 aromatic carbocycles. The van der Waals surface area contributed by atoms with Crippen LogP contribution in [-0.4, -0.2) is 29.9 Å². The number of methoxy groups -OCH3 is 2. The molecule has 1 amide bonds. The largest absolute Gasteiger partial charge is 0.497 e. The summed E-state index contributed by atoms with van der Waals surface area (Å²) >= 11 is 5.90. The third-order valence-electron chi connectivity index (χ3n) is 4.41. The van der Waals surface area contributed by atoms with E-state index in [2.05, 4.69) is 10.4 Å². The molecule has 0 aliphatic heterocycles. The Bertz CT molecular complexity index is 1210. The van der Waals surface area contributed by atoms with Crippen molar-refractivity contribution in [1.82, 2.24) is 9.78 Å². The fraction of sp³-hybridized carbons (Fsp3) is 0.190. The first-order valence-electron chi connectivity index (χ1n) is 9.09. The zero-order valence-corrected chi connectivity index (χ0v) is 17.6. The minimum Gasteiger partial charge on any atom is -0.497 e. The topological polar surface area (TPSA) is 82.5 Å². The fourth-order valence-corrected chi connectivity index (χ4v) is 3.00. The van der Waals surface area contributed by atoms with E-state index in [4.69, 9.17) is 21.1 Å². The van der Waals surface area contributed by atoms with Gasteiger partial charge in [-0.2, -0.15) is 18.3 Å². The van der Waals surface area contributed by atoms with Gasteiger partial charge in [0.15, 0.2) is 0 Å². The Morgan fingerprint density at radius 1 is 1.09 bits per heavy atom. The number of hydrogen-bond donors (Lipinski definition) is 1. The Kier molecular flexibility index (Phi) is 6.73. The molecule has 3 rings (SSSR count). The van der Waals surface area contributed by atoms with Crippen molar-refractivity contribution in [3.8, 4) is 22.8 Å². The maximum atomic E-state index is 12.9. The molecule has 1 N–H and O–H groups in total. The van der Waals surface area contributed by atoms with Crippen LogP contribution in [0.2, 0.25) is 5.02 Å². The van der Waals surface area contributed by atoms with Crippen LogP contribution in [0, 0.1) is 0 Å².